The molecule has 0 aliphatic carbocycles. The van der Waals surface area contributed by atoms with Gasteiger partial charge in [-0.1, -0.05) is 11.6 Å². The molecule has 0 unspecified atom stereocenters. The lowest BCUT2D eigenvalue weighted by molar-refractivity contribution is 0.312. The van der Waals surface area contributed by atoms with Gasteiger partial charge in [-0.3, -0.25) is 0 Å². The molecule has 3 aromatic rings. The van der Waals surface area contributed by atoms with Crippen molar-refractivity contribution < 1.29 is 4.74 Å². The van der Waals surface area contributed by atoms with Gasteiger partial charge < -0.3 is 14.2 Å². The van der Waals surface area contributed by atoms with Crippen molar-refractivity contribution in [2.45, 2.75) is 19.9 Å². The molecular weight excluding hydrogens is 346 g/mol. The molecule has 4 nitrogen and oxygen atoms in total. The van der Waals surface area contributed by atoms with Gasteiger partial charge in [0.1, 0.15) is 0 Å². The number of hydrogen-bond donors (Lipinski definition) is 0. The van der Waals surface area contributed by atoms with E-state index < -0.39 is 0 Å². The number of likely N-dealkylation sites (N-methyl/N-ethyl adjacent to an activating group) is 1. The molecule has 2 aromatic heterocycles. The SMILES string of the molecule is COc1ccc(C(C)=Cn2c3c(c4cc(Cl)ccc42)CN(C)CC3)cn1. The average Bonchev–Trinajstić information content (AvgIpc) is 2.94. The third-order valence-corrected chi connectivity index (χ3v) is 5.30. The van der Waals surface area contributed by atoms with Gasteiger partial charge in [-0.05, 0) is 54.9 Å². The molecule has 26 heavy (non-hydrogen) atoms. The van der Waals surface area contributed by atoms with Crippen molar-refractivity contribution in [3.05, 3.63) is 58.4 Å². The first kappa shape index (κ1) is 17.1. The summed E-state index contributed by atoms with van der Waals surface area (Å²) >= 11 is 6.28. The Morgan fingerprint density at radius 2 is 2.12 bits per heavy atom. The zero-order chi connectivity index (χ0) is 18.3. The molecule has 0 spiro atoms. The molecule has 0 fully saturated rings. The minimum absolute atomic E-state index is 0.628. The standard InChI is InChI=1S/C21H22ClN3O/c1-14(15-4-7-21(26-3)23-11-15)12-25-19-6-5-16(22)10-17(19)18-13-24(2)9-8-20(18)25/h4-7,10-12H,8-9,13H2,1-3H3. The molecule has 0 saturated carbocycles. The third-order valence-electron chi connectivity index (χ3n) is 5.06. The summed E-state index contributed by atoms with van der Waals surface area (Å²) in [5.41, 5.74) is 6.21. The van der Waals surface area contributed by atoms with E-state index in [0.29, 0.717) is 5.88 Å². The van der Waals surface area contributed by atoms with Gasteiger partial charge in [-0.25, -0.2) is 4.98 Å². The third kappa shape index (κ3) is 3.00. The number of ether oxygens (including phenoxy) is 1. The zero-order valence-electron chi connectivity index (χ0n) is 15.3. The van der Waals surface area contributed by atoms with Crippen LogP contribution in [0.4, 0.5) is 0 Å². The average molecular weight is 368 g/mol. The molecule has 0 saturated heterocycles. The van der Waals surface area contributed by atoms with Gasteiger partial charge in [-0.2, -0.15) is 0 Å². The molecule has 134 valence electrons. The van der Waals surface area contributed by atoms with E-state index in [9.17, 15) is 0 Å². The van der Waals surface area contributed by atoms with Crippen LogP contribution >= 0.6 is 11.6 Å². The van der Waals surface area contributed by atoms with Crippen molar-refractivity contribution in [1.29, 1.82) is 0 Å². The van der Waals surface area contributed by atoms with Crippen molar-refractivity contribution in [3.63, 3.8) is 0 Å². The van der Waals surface area contributed by atoms with Crippen LogP contribution in [-0.2, 0) is 13.0 Å². The topological polar surface area (TPSA) is 30.3 Å². The van der Waals surface area contributed by atoms with E-state index in [0.717, 1.165) is 35.7 Å². The summed E-state index contributed by atoms with van der Waals surface area (Å²) in [6.07, 6.45) is 5.10. The Labute approximate surface area is 158 Å². The summed E-state index contributed by atoms with van der Waals surface area (Å²) in [5, 5.41) is 2.03. The summed E-state index contributed by atoms with van der Waals surface area (Å²) in [7, 11) is 3.80. The van der Waals surface area contributed by atoms with Gasteiger partial charge in [0.2, 0.25) is 5.88 Å². The number of halogens is 1. The van der Waals surface area contributed by atoms with Crippen molar-refractivity contribution in [1.82, 2.24) is 14.5 Å². The number of rotatable bonds is 3. The van der Waals surface area contributed by atoms with E-state index in [1.54, 1.807) is 7.11 Å². The Morgan fingerprint density at radius 3 is 2.85 bits per heavy atom. The molecular formula is C21H22ClN3O. The number of fused-ring (bicyclic) bond motifs is 3. The van der Waals surface area contributed by atoms with Crippen molar-refractivity contribution in [2.75, 3.05) is 20.7 Å². The maximum atomic E-state index is 6.28. The fraction of sp³-hybridized carbons (Fsp3) is 0.286. The lowest BCUT2D eigenvalue weighted by atomic mass is 10.1. The Bertz CT molecular complexity index is 989. The Balaban J connectivity index is 1.85. The maximum absolute atomic E-state index is 6.28. The zero-order valence-corrected chi connectivity index (χ0v) is 16.0. The van der Waals surface area contributed by atoms with Crippen LogP contribution in [0.15, 0.2) is 36.5 Å². The van der Waals surface area contributed by atoms with Crippen LogP contribution in [-0.4, -0.2) is 35.2 Å². The quantitative estimate of drug-likeness (QED) is 0.672. The van der Waals surface area contributed by atoms with Crippen LogP contribution in [0.3, 0.4) is 0 Å². The number of aromatic nitrogens is 2. The van der Waals surface area contributed by atoms with Crippen LogP contribution in [0.2, 0.25) is 5.02 Å². The number of nitrogens with zero attached hydrogens (tertiary/aromatic N) is 3. The largest absolute Gasteiger partial charge is 0.481 e. The molecule has 1 aromatic carbocycles. The molecule has 0 atom stereocenters. The van der Waals surface area contributed by atoms with Crippen molar-refractivity contribution in [3.8, 4) is 5.88 Å². The highest BCUT2D eigenvalue weighted by molar-refractivity contribution is 6.31. The minimum Gasteiger partial charge on any atom is -0.481 e. The van der Waals surface area contributed by atoms with Crippen LogP contribution in [0, 0.1) is 0 Å². The lowest BCUT2D eigenvalue weighted by Crippen LogP contribution is -2.26. The van der Waals surface area contributed by atoms with Crippen molar-refractivity contribution in [2.24, 2.45) is 0 Å². The van der Waals surface area contributed by atoms with Gasteiger partial charge >= 0.3 is 0 Å². The highest BCUT2D eigenvalue weighted by atomic mass is 35.5. The van der Waals surface area contributed by atoms with Gasteiger partial charge in [0, 0.05) is 54.1 Å². The lowest BCUT2D eigenvalue weighted by Gasteiger charge is -2.23. The molecule has 4 rings (SSSR count). The Hall–Kier alpha value is -2.30. The van der Waals surface area contributed by atoms with E-state index in [1.807, 2.05) is 24.4 Å². The molecule has 0 amide bonds. The smallest absolute Gasteiger partial charge is 0.212 e. The maximum Gasteiger partial charge on any atom is 0.212 e. The Morgan fingerprint density at radius 1 is 1.27 bits per heavy atom. The number of allylic oxidation sites excluding steroid dienone is 1. The molecule has 5 heteroatoms. The molecule has 1 aliphatic heterocycles. The normalized spacial score (nSPS) is 15.3. The second kappa shape index (κ2) is 6.78. The van der Waals surface area contributed by atoms with E-state index in [-0.39, 0.29) is 0 Å². The first-order valence-electron chi connectivity index (χ1n) is 8.75. The summed E-state index contributed by atoms with van der Waals surface area (Å²) < 4.78 is 7.48. The minimum atomic E-state index is 0.628. The first-order valence-corrected chi connectivity index (χ1v) is 9.13. The summed E-state index contributed by atoms with van der Waals surface area (Å²) in [4.78, 5) is 6.68. The van der Waals surface area contributed by atoms with E-state index >= 15 is 0 Å². The monoisotopic (exact) mass is 367 g/mol. The van der Waals surface area contributed by atoms with Gasteiger partial charge in [-0.15, -0.1) is 0 Å². The molecule has 1 aliphatic rings. The van der Waals surface area contributed by atoms with E-state index in [4.69, 9.17) is 16.3 Å². The molecule has 0 bridgehead atoms. The molecule has 0 radical (unpaired) electrons. The number of pyridine rings is 1. The fourth-order valence-electron chi connectivity index (χ4n) is 3.65. The first-order chi connectivity index (χ1) is 12.6. The summed E-state index contributed by atoms with van der Waals surface area (Å²) in [6, 6.07) is 10.1. The highest BCUT2D eigenvalue weighted by Gasteiger charge is 2.22. The number of methoxy groups -OCH3 is 1. The van der Waals surface area contributed by atoms with Crippen LogP contribution in [0.5, 0.6) is 5.88 Å². The predicted molar refractivity (Wildman–Crippen MR) is 108 cm³/mol. The van der Waals surface area contributed by atoms with Crippen LogP contribution in [0.1, 0.15) is 23.7 Å². The molecule has 3 heterocycles. The van der Waals surface area contributed by atoms with Gasteiger partial charge in [0.15, 0.2) is 0 Å². The van der Waals surface area contributed by atoms with E-state index in [2.05, 4.69) is 46.8 Å². The van der Waals surface area contributed by atoms with Gasteiger partial charge in [0.25, 0.3) is 0 Å². The van der Waals surface area contributed by atoms with Gasteiger partial charge in [0.05, 0.1) is 12.6 Å². The van der Waals surface area contributed by atoms with Crippen molar-refractivity contribution >= 4 is 34.3 Å². The number of benzene rings is 1. The second-order valence-electron chi connectivity index (χ2n) is 6.85. The van der Waals surface area contributed by atoms with E-state index in [1.165, 1.54) is 22.2 Å². The summed E-state index contributed by atoms with van der Waals surface area (Å²) in [5.74, 6) is 0.628. The van der Waals surface area contributed by atoms with Crippen LogP contribution in [0.25, 0.3) is 22.7 Å². The number of hydrogen-bond acceptors (Lipinski definition) is 3. The Kier molecular flexibility index (Phi) is 4.47. The van der Waals surface area contributed by atoms with Crippen LogP contribution < -0.4 is 4.74 Å². The second-order valence-corrected chi connectivity index (χ2v) is 7.28. The fourth-order valence-corrected chi connectivity index (χ4v) is 3.82. The molecule has 0 N–H and O–H groups in total. The highest BCUT2D eigenvalue weighted by Crippen LogP contribution is 2.33. The predicted octanol–water partition coefficient (Wildman–Crippen LogP) is 4.70. The summed E-state index contributed by atoms with van der Waals surface area (Å²) in [6.45, 7) is 4.14.